The van der Waals surface area contributed by atoms with Gasteiger partial charge in [-0.25, -0.2) is 9.13 Å². The molecule has 0 amide bonds. The highest BCUT2D eigenvalue weighted by Crippen LogP contribution is 2.28. The van der Waals surface area contributed by atoms with Crippen LogP contribution in [0.2, 0.25) is 0 Å². The van der Waals surface area contributed by atoms with Gasteiger partial charge >= 0.3 is 0 Å². The summed E-state index contributed by atoms with van der Waals surface area (Å²) >= 11 is 7.13. The third kappa shape index (κ3) is 2.56. The molecule has 1 heterocycles. The lowest BCUT2D eigenvalue weighted by molar-refractivity contribution is -0.675. The summed E-state index contributed by atoms with van der Waals surface area (Å²) in [5.74, 6) is 1.31. The smallest absolute Gasteiger partial charge is 0.254 e. The van der Waals surface area contributed by atoms with E-state index in [1.54, 1.807) is 0 Å². The topological polar surface area (TPSA) is 8.81 Å². The summed E-state index contributed by atoms with van der Waals surface area (Å²) in [5.41, 5.74) is 2.58. The number of nitrogens with zero attached hydrogens (tertiary/aromatic N) is 2. The molecule has 17 heavy (non-hydrogen) atoms. The molecule has 0 saturated carbocycles. The van der Waals surface area contributed by atoms with Crippen LogP contribution in [-0.2, 0) is 13.1 Å². The molecule has 2 aromatic rings. The predicted molar refractivity (Wildman–Crippen MR) is 73.6 cm³/mol. The fraction of sp³-hybridized carbons (Fsp3) is 0.417. The van der Waals surface area contributed by atoms with E-state index in [0.717, 1.165) is 22.0 Å². The first kappa shape index (κ1) is 15.4. The van der Waals surface area contributed by atoms with Gasteiger partial charge in [-0.05, 0) is 45.7 Å². The quantitative estimate of drug-likeness (QED) is 0.451. The number of rotatable bonds is 2. The van der Waals surface area contributed by atoms with Crippen molar-refractivity contribution >= 4 is 42.9 Å². The third-order valence-electron chi connectivity index (χ3n) is 3.01. The normalized spacial score (nSPS) is 10.6. The summed E-state index contributed by atoms with van der Waals surface area (Å²) in [5, 5.41) is 0. The van der Waals surface area contributed by atoms with Crippen molar-refractivity contribution in [1.29, 1.82) is 0 Å². The second-order valence-corrected chi connectivity index (χ2v) is 5.50. The van der Waals surface area contributed by atoms with Crippen molar-refractivity contribution in [1.82, 2.24) is 4.57 Å². The summed E-state index contributed by atoms with van der Waals surface area (Å²) in [6, 6.07) is 4.37. The second-order valence-electron chi connectivity index (χ2n) is 3.79. The van der Waals surface area contributed by atoms with Crippen LogP contribution < -0.4 is 28.5 Å². The van der Waals surface area contributed by atoms with Gasteiger partial charge in [0.25, 0.3) is 5.82 Å². The Kier molecular flexibility index (Phi) is 5.46. The van der Waals surface area contributed by atoms with Crippen molar-refractivity contribution in [2.24, 2.45) is 0 Å². The zero-order valence-corrected chi connectivity index (χ0v) is 15.4. The van der Waals surface area contributed by atoms with Crippen LogP contribution in [0.3, 0.4) is 0 Å². The van der Waals surface area contributed by atoms with Crippen molar-refractivity contribution < 1.29 is 28.5 Å². The standard InChI is InChI=1S/C12H15Br2N2.HI/c1-4-15-8(3)16(5-2)12-7-10(14)9(13)6-11(12)15;/h6-7H,4-5H2,1-3H3;1H/q+1;/p-1. The van der Waals surface area contributed by atoms with Gasteiger partial charge in [0.05, 0.1) is 13.1 Å². The van der Waals surface area contributed by atoms with Gasteiger partial charge in [-0.2, -0.15) is 0 Å². The first-order valence-electron chi connectivity index (χ1n) is 5.47. The van der Waals surface area contributed by atoms with Gasteiger partial charge < -0.3 is 24.0 Å². The molecule has 0 aliphatic rings. The van der Waals surface area contributed by atoms with Crippen LogP contribution >= 0.6 is 31.9 Å². The summed E-state index contributed by atoms with van der Waals surface area (Å²) in [7, 11) is 0. The van der Waals surface area contributed by atoms with Crippen LogP contribution in [0.25, 0.3) is 11.0 Å². The maximum Gasteiger partial charge on any atom is 0.254 e. The molecule has 0 atom stereocenters. The van der Waals surface area contributed by atoms with E-state index in [4.69, 9.17) is 0 Å². The predicted octanol–water partition coefficient (Wildman–Crippen LogP) is 0.806. The average molecular weight is 474 g/mol. The Morgan fingerprint density at radius 2 is 1.76 bits per heavy atom. The minimum Gasteiger partial charge on any atom is -1.00 e. The molecule has 0 spiro atoms. The van der Waals surface area contributed by atoms with Gasteiger partial charge in [-0.1, -0.05) is 0 Å². The number of aromatic nitrogens is 2. The zero-order chi connectivity index (χ0) is 11.9. The van der Waals surface area contributed by atoms with Crippen molar-refractivity contribution in [2.75, 3.05) is 0 Å². The highest BCUT2D eigenvalue weighted by Gasteiger charge is 2.20. The number of fused-ring (bicyclic) bond motifs is 1. The molecule has 0 radical (unpaired) electrons. The van der Waals surface area contributed by atoms with Crippen LogP contribution in [0.15, 0.2) is 21.1 Å². The molecule has 2 nitrogen and oxygen atoms in total. The first-order valence-corrected chi connectivity index (χ1v) is 7.06. The summed E-state index contributed by atoms with van der Waals surface area (Å²) in [6.07, 6.45) is 0. The molecule has 0 fully saturated rings. The van der Waals surface area contributed by atoms with Crippen LogP contribution in [-0.4, -0.2) is 4.57 Å². The SMILES string of the molecule is CCn1c(C)[n+](CC)c2cc(Br)c(Br)cc21.[I-]. The minimum absolute atomic E-state index is 0. The van der Waals surface area contributed by atoms with Crippen molar-refractivity contribution in [3.8, 4) is 0 Å². The Hall–Kier alpha value is 0.380. The number of aryl methyl sites for hydroxylation is 2. The second kappa shape index (κ2) is 6.02. The van der Waals surface area contributed by atoms with Crippen LogP contribution in [0.1, 0.15) is 19.7 Å². The number of hydrogen-bond acceptors (Lipinski definition) is 0. The van der Waals surface area contributed by atoms with Gasteiger partial charge in [0.1, 0.15) is 0 Å². The number of halogens is 3. The Morgan fingerprint density at radius 1 is 1.18 bits per heavy atom. The van der Waals surface area contributed by atoms with Gasteiger partial charge in [-0.3, -0.25) is 0 Å². The highest BCUT2D eigenvalue weighted by atomic mass is 127. The van der Waals surface area contributed by atoms with Gasteiger partial charge in [0, 0.05) is 28.0 Å². The Bertz CT molecular complexity index is 502. The Balaban J connectivity index is 0.00000144. The molecule has 1 aromatic heterocycles. The monoisotopic (exact) mass is 472 g/mol. The lowest BCUT2D eigenvalue weighted by Crippen LogP contribution is -3.00. The van der Waals surface area contributed by atoms with Crippen molar-refractivity contribution in [3.63, 3.8) is 0 Å². The Morgan fingerprint density at radius 3 is 2.29 bits per heavy atom. The van der Waals surface area contributed by atoms with Gasteiger partial charge in [0.15, 0.2) is 11.0 Å². The first-order chi connectivity index (χ1) is 7.60. The average Bonchev–Trinajstić information content (AvgIpc) is 2.50. The number of benzene rings is 1. The van der Waals surface area contributed by atoms with E-state index in [2.05, 4.69) is 73.9 Å². The maximum absolute atomic E-state index is 3.57. The largest absolute Gasteiger partial charge is 1.00 e. The highest BCUT2D eigenvalue weighted by molar-refractivity contribution is 9.13. The van der Waals surface area contributed by atoms with Crippen LogP contribution in [0, 0.1) is 6.92 Å². The van der Waals surface area contributed by atoms with E-state index in [1.165, 1.54) is 16.9 Å². The lowest BCUT2D eigenvalue weighted by Gasteiger charge is -1.96. The van der Waals surface area contributed by atoms with Gasteiger partial charge in [0.2, 0.25) is 0 Å². The molecule has 0 aliphatic heterocycles. The molecular formula is C12H15Br2IN2. The molecule has 94 valence electrons. The van der Waals surface area contributed by atoms with E-state index < -0.39 is 0 Å². The van der Waals surface area contributed by atoms with E-state index in [9.17, 15) is 0 Å². The Labute approximate surface area is 136 Å². The maximum atomic E-state index is 3.57. The number of imidazole rings is 1. The van der Waals surface area contributed by atoms with E-state index in [0.29, 0.717) is 0 Å². The van der Waals surface area contributed by atoms with E-state index >= 15 is 0 Å². The van der Waals surface area contributed by atoms with Crippen molar-refractivity contribution in [2.45, 2.75) is 33.9 Å². The summed E-state index contributed by atoms with van der Waals surface area (Å²) in [4.78, 5) is 0. The number of hydrogen-bond donors (Lipinski definition) is 0. The molecular weight excluding hydrogens is 459 g/mol. The van der Waals surface area contributed by atoms with Gasteiger partial charge in [-0.15, -0.1) is 0 Å². The molecule has 1 aromatic carbocycles. The van der Waals surface area contributed by atoms with Crippen LogP contribution in [0.5, 0.6) is 0 Å². The molecule has 0 unspecified atom stereocenters. The molecule has 5 heteroatoms. The lowest BCUT2D eigenvalue weighted by atomic mass is 10.3. The van der Waals surface area contributed by atoms with E-state index in [1.807, 2.05) is 0 Å². The molecule has 0 N–H and O–H groups in total. The fourth-order valence-electron chi connectivity index (χ4n) is 2.25. The summed E-state index contributed by atoms with van der Waals surface area (Å²) < 4.78 is 6.90. The van der Waals surface area contributed by atoms with Crippen molar-refractivity contribution in [3.05, 3.63) is 26.9 Å². The summed E-state index contributed by atoms with van der Waals surface area (Å²) in [6.45, 7) is 8.55. The molecule has 2 rings (SSSR count). The molecule has 0 saturated heterocycles. The minimum atomic E-state index is 0. The molecule has 0 aliphatic carbocycles. The zero-order valence-electron chi connectivity index (χ0n) is 10.1. The van der Waals surface area contributed by atoms with Crippen LogP contribution in [0.4, 0.5) is 0 Å². The molecule has 0 bridgehead atoms. The fourth-order valence-corrected chi connectivity index (χ4v) is 2.91. The van der Waals surface area contributed by atoms with E-state index in [-0.39, 0.29) is 24.0 Å². The third-order valence-corrected chi connectivity index (χ3v) is 4.86.